The molecule has 6 heteroatoms. The molecule has 3 nitrogen and oxygen atoms in total. The molecule has 1 N–H and O–H groups in total. The number of amidine groups is 1. The summed E-state index contributed by atoms with van der Waals surface area (Å²) in [6, 6.07) is 5.48. The Bertz CT molecular complexity index is 587. The Morgan fingerprint density at radius 2 is 2.17 bits per heavy atom. The van der Waals surface area contributed by atoms with Crippen molar-refractivity contribution in [3.05, 3.63) is 33.8 Å². The van der Waals surface area contributed by atoms with Crippen molar-refractivity contribution < 1.29 is 0 Å². The lowest BCUT2D eigenvalue weighted by molar-refractivity contribution is 0.505. The number of hydrogen-bond donors (Lipinski definition) is 1. The molecule has 1 heterocycles. The van der Waals surface area contributed by atoms with Crippen LogP contribution in [-0.4, -0.2) is 23.2 Å². The Kier molecular flexibility index (Phi) is 7.74. The van der Waals surface area contributed by atoms with Crippen LogP contribution in [0.15, 0.2) is 28.3 Å². The largest absolute Gasteiger partial charge is 0.261 e. The molecule has 1 unspecified atom stereocenters. The summed E-state index contributed by atoms with van der Waals surface area (Å²) >= 11 is 13.8. The Morgan fingerprint density at radius 1 is 1.35 bits per heavy atom. The second kappa shape index (κ2) is 9.55. The molecule has 0 aromatic heterocycles. The predicted molar refractivity (Wildman–Crippen MR) is 104 cm³/mol. The first-order chi connectivity index (χ1) is 11.1. The van der Waals surface area contributed by atoms with Gasteiger partial charge in [-0.2, -0.15) is 5.10 Å². The van der Waals surface area contributed by atoms with E-state index in [1.807, 2.05) is 12.1 Å². The van der Waals surface area contributed by atoms with Crippen LogP contribution in [0.4, 0.5) is 0 Å². The van der Waals surface area contributed by atoms with Gasteiger partial charge >= 0.3 is 0 Å². The van der Waals surface area contributed by atoms with Gasteiger partial charge in [0.2, 0.25) is 0 Å². The van der Waals surface area contributed by atoms with Crippen LogP contribution in [0, 0.1) is 5.92 Å². The number of benzene rings is 1. The summed E-state index contributed by atoms with van der Waals surface area (Å²) in [5.74, 6) is 1.38. The predicted octanol–water partition coefficient (Wildman–Crippen LogP) is 5.61. The second-order valence-corrected chi connectivity index (χ2v) is 7.64. The molecule has 1 aliphatic rings. The van der Waals surface area contributed by atoms with E-state index in [-0.39, 0.29) is 0 Å². The van der Waals surface area contributed by atoms with Gasteiger partial charge in [0.25, 0.3) is 0 Å². The van der Waals surface area contributed by atoms with Crippen LogP contribution in [0.5, 0.6) is 0 Å². The average Bonchev–Trinajstić information content (AvgIpc) is 2.54. The van der Waals surface area contributed by atoms with E-state index >= 15 is 0 Å². The maximum atomic E-state index is 6.23. The van der Waals surface area contributed by atoms with E-state index in [9.17, 15) is 0 Å². The zero-order chi connectivity index (χ0) is 16.7. The SMILES string of the molecule is CCCCCC(C)CN=C1NN=C(c2ccc(Cl)cc2Cl)CS1. The van der Waals surface area contributed by atoms with Crippen molar-refractivity contribution in [3.8, 4) is 0 Å². The van der Waals surface area contributed by atoms with Crippen LogP contribution < -0.4 is 5.43 Å². The number of aliphatic imine (C=N–C) groups is 1. The molecule has 1 atom stereocenters. The summed E-state index contributed by atoms with van der Waals surface area (Å²) in [4.78, 5) is 4.63. The number of rotatable bonds is 7. The first kappa shape index (κ1) is 18.6. The van der Waals surface area contributed by atoms with Crippen LogP contribution in [-0.2, 0) is 0 Å². The van der Waals surface area contributed by atoms with Gasteiger partial charge in [-0.05, 0) is 24.5 Å². The van der Waals surface area contributed by atoms with Gasteiger partial charge in [0.05, 0.1) is 10.7 Å². The van der Waals surface area contributed by atoms with Gasteiger partial charge in [-0.15, -0.1) is 0 Å². The van der Waals surface area contributed by atoms with E-state index < -0.39 is 0 Å². The Balaban J connectivity index is 1.89. The molecule has 23 heavy (non-hydrogen) atoms. The highest BCUT2D eigenvalue weighted by Gasteiger charge is 2.15. The number of halogens is 2. The van der Waals surface area contributed by atoms with Crippen LogP contribution in [0.1, 0.15) is 45.1 Å². The molecule has 126 valence electrons. The summed E-state index contributed by atoms with van der Waals surface area (Å²) < 4.78 is 0. The zero-order valence-electron chi connectivity index (χ0n) is 13.6. The number of hydrogen-bond acceptors (Lipinski definition) is 3. The Morgan fingerprint density at radius 3 is 2.83 bits per heavy atom. The summed E-state index contributed by atoms with van der Waals surface area (Å²) in [6.07, 6.45) is 5.11. The molecule has 2 rings (SSSR count). The molecule has 0 amide bonds. The molecule has 1 aromatic rings. The van der Waals surface area contributed by atoms with Gasteiger partial charge in [0.1, 0.15) is 0 Å². The molecule has 0 radical (unpaired) electrons. The Hall–Kier alpha value is -0.710. The van der Waals surface area contributed by atoms with E-state index in [1.54, 1.807) is 17.8 Å². The van der Waals surface area contributed by atoms with E-state index in [0.29, 0.717) is 16.0 Å². The summed E-state index contributed by atoms with van der Waals surface area (Å²) in [5.41, 5.74) is 4.88. The van der Waals surface area contributed by atoms with Gasteiger partial charge in [-0.25, -0.2) is 0 Å². The summed E-state index contributed by atoms with van der Waals surface area (Å²) in [5, 5.41) is 6.57. The van der Waals surface area contributed by atoms with Crippen LogP contribution in [0.25, 0.3) is 0 Å². The quantitative estimate of drug-likeness (QED) is 0.632. The first-order valence-electron chi connectivity index (χ1n) is 8.05. The fourth-order valence-corrected chi connectivity index (χ4v) is 3.62. The van der Waals surface area contributed by atoms with E-state index in [4.69, 9.17) is 23.2 Å². The first-order valence-corrected chi connectivity index (χ1v) is 9.79. The topological polar surface area (TPSA) is 36.8 Å². The minimum Gasteiger partial charge on any atom is -0.261 e. The van der Waals surface area contributed by atoms with E-state index in [1.165, 1.54) is 25.7 Å². The van der Waals surface area contributed by atoms with E-state index in [0.717, 1.165) is 28.7 Å². The van der Waals surface area contributed by atoms with Crippen molar-refractivity contribution >= 4 is 45.8 Å². The fraction of sp³-hybridized carbons (Fsp3) is 0.529. The number of nitrogens with zero attached hydrogens (tertiary/aromatic N) is 2. The smallest absolute Gasteiger partial charge is 0.177 e. The monoisotopic (exact) mass is 371 g/mol. The maximum absolute atomic E-state index is 6.23. The third-order valence-corrected chi connectivity index (χ3v) is 5.18. The molecular formula is C17H23Cl2N3S. The lowest BCUT2D eigenvalue weighted by Crippen LogP contribution is -2.26. The molecule has 0 fully saturated rings. The summed E-state index contributed by atoms with van der Waals surface area (Å²) in [7, 11) is 0. The summed E-state index contributed by atoms with van der Waals surface area (Å²) in [6.45, 7) is 5.34. The number of nitrogens with one attached hydrogen (secondary N) is 1. The molecule has 0 saturated carbocycles. The molecule has 0 saturated heterocycles. The Labute approximate surface area is 152 Å². The molecule has 1 aromatic carbocycles. The lowest BCUT2D eigenvalue weighted by atomic mass is 10.0. The van der Waals surface area contributed by atoms with Crippen molar-refractivity contribution in [3.63, 3.8) is 0 Å². The van der Waals surface area contributed by atoms with Crippen molar-refractivity contribution in [2.75, 3.05) is 12.3 Å². The van der Waals surface area contributed by atoms with Crippen molar-refractivity contribution in [1.29, 1.82) is 0 Å². The van der Waals surface area contributed by atoms with E-state index in [2.05, 4.69) is 29.4 Å². The van der Waals surface area contributed by atoms with Gasteiger partial charge < -0.3 is 0 Å². The fourth-order valence-electron chi connectivity index (χ4n) is 2.33. The van der Waals surface area contributed by atoms with Crippen molar-refractivity contribution in [2.45, 2.75) is 39.5 Å². The zero-order valence-corrected chi connectivity index (χ0v) is 15.9. The lowest BCUT2D eigenvalue weighted by Gasteiger charge is -2.16. The van der Waals surface area contributed by atoms with Gasteiger partial charge in [-0.1, -0.05) is 74.1 Å². The third kappa shape index (κ3) is 6.02. The normalized spacial score (nSPS) is 17.7. The minimum atomic E-state index is 0.618. The van der Waals surface area contributed by atoms with Gasteiger partial charge in [0, 0.05) is 22.9 Å². The van der Waals surface area contributed by atoms with Gasteiger partial charge in [-0.3, -0.25) is 10.4 Å². The molecular weight excluding hydrogens is 349 g/mol. The van der Waals surface area contributed by atoms with Crippen LogP contribution in [0.3, 0.4) is 0 Å². The highest BCUT2D eigenvalue weighted by atomic mass is 35.5. The third-order valence-electron chi connectivity index (χ3n) is 3.72. The standard InChI is InChI=1S/C17H23Cl2N3S/c1-3-4-5-6-12(2)10-20-17-22-21-16(11-23-17)14-8-7-13(18)9-15(14)19/h7-9,12H,3-6,10-11H2,1-2H3,(H,20,22). The molecule has 0 bridgehead atoms. The molecule has 1 aliphatic heterocycles. The highest BCUT2D eigenvalue weighted by molar-refractivity contribution is 8.14. The highest BCUT2D eigenvalue weighted by Crippen LogP contribution is 2.24. The van der Waals surface area contributed by atoms with Crippen molar-refractivity contribution in [2.24, 2.45) is 16.0 Å². The maximum Gasteiger partial charge on any atom is 0.177 e. The number of hydrazone groups is 1. The second-order valence-electron chi connectivity index (χ2n) is 5.83. The number of unbranched alkanes of at least 4 members (excludes halogenated alkanes) is 2. The molecule has 0 aliphatic carbocycles. The molecule has 0 spiro atoms. The minimum absolute atomic E-state index is 0.618. The van der Waals surface area contributed by atoms with Crippen molar-refractivity contribution in [1.82, 2.24) is 5.43 Å². The van der Waals surface area contributed by atoms with Crippen LogP contribution in [0.2, 0.25) is 10.0 Å². The van der Waals surface area contributed by atoms with Crippen LogP contribution >= 0.6 is 35.0 Å². The number of thioether (sulfide) groups is 1. The van der Waals surface area contributed by atoms with Gasteiger partial charge in [0.15, 0.2) is 5.17 Å². The average molecular weight is 372 g/mol.